The molecule has 0 N–H and O–H groups in total. The van der Waals surface area contributed by atoms with Crippen molar-refractivity contribution in [1.29, 1.82) is 0 Å². The zero-order chi connectivity index (χ0) is 15.4. The molecule has 1 aliphatic rings. The molecule has 1 fully saturated rings. The molecular formula is C18H18ClIO2. The Balaban J connectivity index is 1.73. The van der Waals surface area contributed by atoms with E-state index in [0.29, 0.717) is 19.3 Å². The standard InChI is InChI=1S/C18H18ClIO2/c19-16-8-9-17(20)18(22-11-10-21-14-6-7-14)15(16)12-13-4-2-1-3-5-13/h1-5,8-9,14H,6-7,10-12H2. The minimum absolute atomic E-state index is 0.464. The van der Waals surface area contributed by atoms with Gasteiger partial charge in [-0.2, -0.15) is 0 Å². The molecule has 0 saturated heterocycles. The molecule has 2 aromatic rings. The van der Waals surface area contributed by atoms with Crippen LogP contribution in [-0.4, -0.2) is 19.3 Å². The summed E-state index contributed by atoms with van der Waals surface area (Å²) in [6, 6.07) is 14.3. The quantitative estimate of drug-likeness (QED) is 0.451. The van der Waals surface area contributed by atoms with Gasteiger partial charge in [-0.05, 0) is 53.1 Å². The van der Waals surface area contributed by atoms with Gasteiger partial charge < -0.3 is 9.47 Å². The minimum Gasteiger partial charge on any atom is -0.490 e. The Morgan fingerprint density at radius 3 is 2.55 bits per heavy atom. The Labute approximate surface area is 149 Å². The zero-order valence-electron chi connectivity index (χ0n) is 12.2. The summed E-state index contributed by atoms with van der Waals surface area (Å²) < 4.78 is 12.7. The van der Waals surface area contributed by atoms with Crippen LogP contribution in [0.4, 0.5) is 0 Å². The van der Waals surface area contributed by atoms with E-state index in [2.05, 4.69) is 34.7 Å². The first-order chi connectivity index (χ1) is 10.7. The fourth-order valence-electron chi connectivity index (χ4n) is 2.29. The predicted octanol–water partition coefficient (Wildman–Crippen LogP) is 5.09. The molecular weight excluding hydrogens is 411 g/mol. The molecule has 0 heterocycles. The van der Waals surface area contributed by atoms with E-state index in [9.17, 15) is 0 Å². The summed E-state index contributed by atoms with van der Waals surface area (Å²) in [5.41, 5.74) is 2.27. The summed E-state index contributed by atoms with van der Waals surface area (Å²) in [5.74, 6) is 0.886. The fraction of sp³-hybridized carbons (Fsp3) is 0.333. The Morgan fingerprint density at radius 2 is 1.82 bits per heavy atom. The third kappa shape index (κ3) is 4.37. The summed E-state index contributed by atoms with van der Waals surface area (Å²) in [6.45, 7) is 1.20. The van der Waals surface area contributed by atoms with E-state index in [1.807, 2.05) is 30.3 Å². The van der Waals surface area contributed by atoms with Gasteiger partial charge in [0.1, 0.15) is 12.4 Å². The maximum atomic E-state index is 6.41. The molecule has 0 bridgehead atoms. The van der Waals surface area contributed by atoms with E-state index < -0.39 is 0 Å². The maximum absolute atomic E-state index is 6.41. The molecule has 0 atom stereocenters. The van der Waals surface area contributed by atoms with Crippen molar-refractivity contribution in [1.82, 2.24) is 0 Å². The van der Waals surface area contributed by atoms with Crippen LogP contribution in [0.1, 0.15) is 24.0 Å². The van der Waals surface area contributed by atoms with Crippen molar-refractivity contribution in [3.05, 3.63) is 62.2 Å². The van der Waals surface area contributed by atoms with Crippen molar-refractivity contribution < 1.29 is 9.47 Å². The first-order valence-electron chi connectivity index (χ1n) is 7.49. The molecule has 0 unspecified atom stereocenters. The third-order valence-electron chi connectivity index (χ3n) is 3.59. The van der Waals surface area contributed by atoms with Crippen LogP contribution in [0.15, 0.2) is 42.5 Å². The van der Waals surface area contributed by atoms with Gasteiger partial charge in [0.15, 0.2) is 0 Å². The third-order valence-corrected chi connectivity index (χ3v) is 4.79. The summed E-state index contributed by atoms with van der Waals surface area (Å²) in [7, 11) is 0. The molecule has 0 spiro atoms. The summed E-state index contributed by atoms with van der Waals surface area (Å²) in [6.07, 6.45) is 3.61. The lowest BCUT2D eigenvalue weighted by molar-refractivity contribution is 0.0875. The largest absolute Gasteiger partial charge is 0.490 e. The van der Waals surface area contributed by atoms with Crippen LogP contribution in [0.5, 0.6) is 5.75 Å². The van der Waals surface area contributed by atoms with E-state index in [1.54, 1.807) is 0 Å². The molecule has 0 aromatic heterocycles. The molecule has 4 heteroatoms. The second-order valence-corrected chi connectivity index (χ2v) is 6.99. The van der Waals surface area contributed by atoms with Crippen LogP contribution < -0.4 is 4.74 Å². The monoisotopic (exact) mass is 428 g/mol. The van der Waals surface area contributed by atoms with Gasteiger partial charge in [0.05, 0.1) is 16.3 Å². The van der Waals surface area contributed by atoms with Crippen LogP contribution in [0.3, 0.4) is 0 Å². The van der Waals surface area contributed by atoms with Gasteiger partial charge in [0.2, 0.25) is 0 Å². The first kappa shape index (κ1) is 16.1. The van der Waals surface area contributed by atoms with Gasteiger partial charge in [0, 0.05) is 17.0 Å². The van der Waals surface area contributed by atoms with E-state index in [1.165, 1.54) is 18.4 Å². The highest BCUT2D eigenvalue weighted by molar-refractivity contribution is 14.1. The maximum Gasteiger partial charge on any atom is 0.137 e. The van der Waals surface area contributed by atoms with Crippen molar-refractivity contribution in [3.8, 4) is 5.75 Å². The molecule has 116 valence electrons. The van der Waals surface area contributed by atoms with E-state index in [-0.39, 0.29) is 0 Å². The molecule has 1 aliphatic carbocycles. The summed E-state index contributed by atoms with van der Waals surface area (Å²) in [4.78, 5) is 0. The number of benzene rings is 2. The van der Waals surface area contributed by atoms with Gasteiger partial charge in [-0.25, -0.2) is 0 Å². The number of hydrogen-bond donors (Lipinski definition) is 0. The molecule has 0 radical (unpaired) electrons. The highest BCUT2D eigenvalue weighted by Gasteiger charge is 2.21. The second kappa shape index (κ2) is 7.66. The topological polar surface area (TPSA) is 18.5 Å². The zero-order valence-corrected chi connectivity index (χ0v) is 15.1. The van der Waals surface area contributed by atoms with Crippen LogP contribution in [0.25, 0.3) is 0 Å². The van der Waals surface area contributed by atoms with E-state index in [0.717, 1.165) is 26.3 Å². The highest BCUT2D eigenvalue weighted by Crippen LogP contribution is 2.33. The number of rotatable bonds is 7. The van der Waals surface area contributed by atoms with Crippen LogP contribution in [0.2, 0.25) is 5.02 Å². The lowest BCUT2D eigenvalue weighted by Gasteiger charge is -2.15. The fourth-order valence-corrected chi connectivity index (χ4v) is 3.17. The molecule has 0 aliphatic heterocycles. The number of hydrogen-bond acceptors (Lipinski definition) is 2. The lowest BCUT2D eigenvalue weighted by atomic mass is 10.0. The number of ether oxygens (including phenoxy) is 2. The van der Waals surface area contributed by atoms with Gasteiger partial charge in [-0.1, -0.05) is 41.9 Å². The Kier molecular flexibility index (Phi) is 5.61. The van der Waals surface area contributed by atoms with Crippen LogP contribution in [-0.2, 0) is 11.2 Å². The number of halogens is 2. The van der Waals surface area contributed by atoms with Gasteiger partial charge in [0.25, 0.3) is 0 Å². The summed E-state index contributed by atoms with van der Waals surface area (Å²) >= 11 is 8.71. The van der Waals surface area contributed by atoms with E-state index in [4.69, 9.17) is 21.1 Å². The average molecular weight is 429 g/mol. The van der Waals surface area contributed by atoms with Crippen LogP contribution >= 0.6 is 34.2 Å². The van der Waals surface area contributed by atoms with Crippen molar-refractivity contribution in [2.24, 2.45) is 0 Å². The van der Waals surface area contributed by atoms with Crippen molar-refractivity contribution in [3.63, 3.8) is 0 Å². The van der Waals surface area contributed by atoms with Gasteiger partial charge in [-0.15, -0.1) is 0 Å². The first-order valence-corrected chi connectivity index (χ1v) is 8.95. The predicted molar refractivity (Wildman–Crippen MR) is 97.9 cm³/mol. The van der Waals surface area contributed by atoms with Crippen molar-refractivity contribution >= 4 is 34.2 Å². The Morgan fingerprint density at radius 1 is 1.05 bits per heavy atom. The van der Waals surface area contributed by atoms with Crippen LogP contribution in [0, 0.1) is 3.57 Å². The highest BCUT2D eigenvalue weighted by atomic mass is 127. The van der Waals surface area contributed by atoms with E-state index >= 15 is 0 Å². The minimum atomic E-state index is 0.464. The molecule has 1 saturated carbocycles. The second-order valence-electron chi connectivity index (χ2n) is 5.42. The van der Waals surface area contributed by atoms with Gasteiger partial charge in [-0.3, -0.25) is 0 Å². The normalized spacial score (nSPS) is 14.1. The smallest absolute Gasteiger partial charge is 0.137 e. The molecule has 3 rings (SSSR count). The Bertz CT molecular complexity index is 626. The molecule has 22 heavy (non-hydrogen) atoms. The average Bonchev–Trinajstić information content (AvgIpc) is 3.35. The molecule has 2 aromatic carbocycles. The summed E-state index contributed by atoms with van der Waals surface area (Å²) in [5, 5.41) is 0.752. The van der Waals surface area contributed by atoms with Crippen molar-refractivity contribution in [2.45, 2.75) is 25.4 Å². The van der Waals surface area contributed by atoms with Crippen molar-refractivity contribution in [2.75, 3.05) is 13.2 Å². The van der Waals surface area contributed by atoms with Gasteiger partial charge >= 0.3 is 0 Å². The Hall–Kier alpha value is -0.780. The molecule has 2 nitrogen and oxygen atoms in total. The molecule has 0 amide bonds. The SMILES string of the molecule is Clc1ccc(I)c(OCCOC2CC2)c1Cc1ccccc1. The lowest BCUT2D eigenvalue weighted by Crippen LogP contribution is -2.10.